The van der Waals surface area contributed by atoms with Crippen LogP contribution in [-0.2, 0) is 4.74 Å². The van der Waals surface area contributed by atoms with E-state index in [1.54, 1.807) is 0 Å². The first-order valence-electron chi connectivity index (χ1n) is 5.48. The van der Waals surface area contributed by atoms with Crippen LogP contribution < -0.4 is 11.3 Å². The van der Waals surface area contributed by atoms with Gasteiger partial charge in [-0.1, -0.05) is 0 Å². The molecule has 5 N–H and O–H groups in total. The Bertz CT molecular complexity index is 718. The number of aromatic amines is 1. The molecule has 1 aliphatic heterocycles. The zero-order chi connectivity index (χ0) is 13.6. The lowest BCUT2D eigenvalue weighted by molar-refractivity contribution is -0.00499. The fourth-order valence-corrected chi connectivity index (χ4v) is 1.98. The number of ether oxygens (including phenoxy) is 1. The van der Waals surface area contributed by atoms with Gasteiger partial charge in [-0.2, -0.15) is 4.98 Å². The number of aromatic nitrogens is 4. The van der Waals surface area contributed by atoms with E-state index in [1.807, 2.05) is 0 Å². The van der Waals surface area contributed by atoms with Crippen molar-refractivity contribution >= 4 is 17.1 Å². The largest absolute Gasteiger partial charge is 0.469 e. The van der Waals surface area contributed by atoms with Crippen LogP contribution in [0.2, 0.25) is 0 Å². The van der Waals surface area contributed by atoms with Crippen LogP contribution in [0.5, 0.6) is 0 Å². The molecule has 100 valence electrons. The van der Waals surface area contributed by atoms with Gasteiger partial charge >= 0.3 is 0 Å². The van der Waals surface area contributed by atoms with Crippen LogP contribution in [0.3, 0.4) is 0 Å². The number of hydrogen-bond acceptors (Lipinski definition) is 7. The van der Waals surface area contributed by atoms with Gasteiger partial charge < -0.3 is 20.7 Å². The number of aliphatic hydroxyl groups excluding tert-OH is 2. The SMILES string of the molecule is Nc1nc2c(ncn2[C@@H]2OC(CO)=CC2O)c(=O)[nH]1. The number of nitrogens with one attached hydrogen (secondary N) is 1. The molecule has 1 unspecified atom stereocenters. The summed E-state index contributed by atoms with van der Waals surface area (Å²) in [6.45, 7) is -0.323. The van der Waals surface area contributed by atoms with Crippen molar-refractivity contribution in [1.29, 1.82) is 0 Å². The summed E-state index contributed by atoms with van der Waals surface area (Å²) in [5, 5.41) is 18.8. The van der Waals surface area contributed by atoms with E-state index >= 15 is 0 Å². The number of nitrogens with two attached hydrogens (primary N) is 1. The van der Waals surface area contributed by atoms with E-state index in [2.05, 4.69) is 15.0 Å². The monoisotopic (exact) mass is 265 g/mol. The number of nitrogens with zero attached hydrogens (tertiary/aromatic N) is 3. The highest BCUT2D eigenvalue weighted by Crippen LogP contribution is 2.28. The Morgan fingerprint density at radius 3 is 3.05 bits per heavy atom. The number of H-pyrrole nitrogens is 1. The number of hydrogen-bond donors (Lipinski definition) is 4. The molecule has 0 radical (unpaired) electrons. The van der Waals surface area contributed by atoms with Gasteiger partial charge in [0.25, 0.3) is 5.56 Å². The topological polar surface area (TPSA) is 139 Å². The molecule has 0 fully saturated rings. The molecule has 0 aromatic carbocycles. The van der Waals surface area contributed by atoms with Crippen LogP contribution in [0.1, 0.15) is 6.23 Å². The predicted molar refractivity (Wildman–Crippen MR) is 63.9 cm³/mol. The van der Waals surface area contributed by atoms with E-state index in [1.165, 1.54) is 17.0 Å². The van der Waals surface area contributed by atoms with Crippen molar-refractivity contribution in [3.05, 3.63) is 28.5 Å². The molecule has 0 spiro atoms. The lowest BCUT2D eigenvalue weighted by Crippen LogP contribution is -2.21. The summed E-state index contributed by atoms with van der Waals surface area (Å²) in [4.78, 5) is 21.8. The molecule has 3 heterocycles. The molecule has 19 heavy (non-hydrogen) atoms. The second-order valence-electron chi connectivity index (χ2n) is 4.07. The second-order valence-corrected chi connectivity index (χ2v) is 4.07. The summed E-state index contributed by atoms with van der Waals surface area (Å²) < 4.78 is 6.74. The fourth-order valence-electron chi connectivity index (χ4n) is 1.98. The number of anilines is 1. The van der Waals surface area contributed by atoms with Gasteiger partial charge in [0, 0.05) is 0 Å². The molecule has 9 nitrogen and oxygen atoms in total. The van der Waals surface area contributed by atoms with Crippen LogP contribution in [0.25, 0.3) is 11.2 Å². The van der Waals surface area contributed by atoms with Gasteiger partial charge in [0.15, 0.2) is 11.2 Å². The maximum absolute atomic E-state index is 11.6. The van der Waals surface area contributed by atoms with E-state index in [0.717, 1.165) is 0 Å². The first-order valence-corrected chi connectivity index (χ1v) is 5.48. The molecule has 1 aliphatic rings. The van der Waals surface area contributed by atoms with Crippen LogP contribution in [0, 0.1) is 0 Å². The average molecular weight is 265 g/mol. The molecule has 0 bridgehead atoms. The molecule has 2 aromatic rings. The van der Waals surface area contributed by atoms with Crippen LogP contribution in [-0.4, -0.2) is 42.4 Å². The Labute approximate surface area is 106 Å². The second kappa shape index (κ2) is 4.07. The van der Waals surface area contributed by atoms with Gasteiger partial charge in [-0.05, 0) is 6.08 Å². The van der Waals surface area contributed by atoms with E-state index in [0.29, 0.717) is 0 Å². The quantitative estimate of drug-likeness (QED) is 0.516. The normalized spacial score (nSPS) is 22.5. The van der Waals surface area contributed by atoms with Crippen LogP contribution in [0.15, 0.2) is 23.0 Å². The molecule has 3 rings (SSSR count). The molecular formula is C10H11N5O4. The van der Waals surface area contributed by atoms with E-state index < -0.39 is 17.9 Å². The lowest BCUT2D eigenvalue weighted by atomic mass is 10.3. The molecule has 9 heteroatoms. The number of fused-ring (bicyclic) bond motifs is 1. The number of rotatable bonds is 2. The van der Waals surface area contributed by atoms with Crippen molar-refractivity contribution in [3.63, 3.8) is 0 Å². The summed E-state index contributed by atoms with van der Waals surface area (Å²) in [6.07, 6.45) is 0.907. The van der Waals surface area contributed by atoms with E-state index in [-0.39, 0.29) is 29.5 Å². The van der Waals surface area contributed by atoms with Crippen molar-refractivity contribution < 1.29 is 14.9 Å². The summed E-state index contributed by atoms with van der Waals surface area (Å²) in [7, 11) is 0. The summed E-state index contributed by atoms with van der Waals surface area (Å²) >= 11 is 0. The van der Waals surface area contributed by atoms with Crippen molar-refractivity contribution in [3.8, 4) is 0 Å². The molecule has 2 aromatic heterocycles. The van der Waals surface area contributed by atoms with Gasteiger partial charge in [-0.25, -0.2) is 4.98 Å². The third-order valence-corrected chi connectivity index (χ3v) is 2.80. The van der Waals surface area contributed by atoms with Gasteiger partial charge in [0.1, 0.15) is 24.8 Å². The van der Waals surface area contributed by atoms with Crippen molar-refractivity contribution in [1.82, 2.24) is 19.5 Å². The maximum Gasteiger partial charge on any atom is 0.280 e. The van der Waals surface area contributed by atoms with Gasteiger partial charge in [0.2, 0.25) is 12.2 Å². The zero-order valence-corrected chi connectivity index (χ0v) is 9.65. The molecular weight excluding hydrogens is 254 g/mol. The summed E-state index contributed by atoms with van der Waals surface area (Å²) in [6, 6.07) is 0. The minimum Gasteiger partial charge on any atom is -0.469 e. The Morgan fingerprint density at radius 1 is 1.58 bits per heavy atom. The van der Waals surface area contributed by atoms with E-state index in [9.17, 15) is 9.90 Å². The Morgan fingerprint density at radius 2 is 2.37 bits per heavy atom. The third kappa shape index (κ3) is 1.75. The molecule has 0 saturated heterocycles. The van der Waals surface area contributed by atoms with Crippen molar-refractivity contribution in [2.75, 3.05) is 12.3 Å². The van der Waals surface area contributed by atoms with Gasteiger partial charge in [-0.15, -0.1) is 0 Å². The molecule has 0 aliphatic carbocycles. The predicted octanol–water partition coefficient (Wildman–Crippen LogP) is -1.53. The lowest BCUT2D eigenvalue weighted by Gasteiger charge is -2.17. The maximum atomic E-state index is 11.6. The van der Waals surface area contributed by atoms with Crippen LogP contribution in [0.4, 0.5) is 5.95 Å². The molecule has 0 amide bonds. The van der Waals surface area contributed by atoms with Crippen LogP contribution >= 0.6 is 0 Å². The fraction of sp³-hybridized carbons (Fsp3) is 0.300. The number of nitrogen functional groups attached to an aromatic ring is 1. The number of aliphatic hydroxyl groups is 2. The first-order chi connectivity index (χ1) is 9.10. The smallest absolute Gasteiger partial charge is 0.280 e. The Balaban J connectivity index is 2.10. The highest BCUT2D eigenvalue weighted by Gasteiger charge is 2.30. The third-order valence-electron chi connectivity index (χ3n) is 2.80. The van der Waals surface area contributed by atoms with E-state index in [4.69, 9.17) is 15.6 Å². The minimum absolute atomic E-state index is 0.0536. The van der Waals surface area contributed by atoms with Gasteiger partial charge in [-0.3, -0.25) is 14.3 Å². The van der Waals surface area contributed by atoms with Crippen molar-refractivity contribution in [2.24, 2.45) is 0 Å². The summed E-state index contributed by atoms with van der Waals surface area (Å²) in [5.74, 6) is 0.194. The van der Waals surface area contributed by atoms with Crippen molar-refractivity contribution in [2.45, 2.75) is 12.3 Å². The Kier molecular flexibility index (Phi) is 2.50. The standard InChI is InChI=1S/C10H11N5O4/c11-10-13-7-6(8(18)14-10)12-3-15(7)9-5(17)1-4(2-16)19-9/h1,3,5,9,16-17H,2H2,(H3,11,13,14,18)/t5?,9-/m1/s1. The first kappa shape index (κ1) is 11.7. The average Bonchev–Trinajstić information content (AvgIpc) is 2.92. The zero-order valence-electron chi connectivity index (χ0n) is 9.65. The molecule has 2 atom stereocenters. The minimum atomic E-state index is -0.970. The highest BCUT2D eigenvalue weighted by atomic mass is 16.5. The highest BCUT2D eigenvalue weighted by molar-refractivity contribution is 5.70. The Hall–Kier alpha value is -2.39. The molecule has 0 saturated carbocycles. The summed E-state index contributed by atoms with van der Waals surface area (Å²) in [5.41, 5.74) is 5.31. The van der Waals surface area contributed by atoms with Gasteiger partial charge in [0.05, 0.1) is 0 Å². The number of imidazole rings is 1.